The Kier molecular flexibility index (Phi) is 10.2. The van der Waals surface area contributed by atoms with E-state index in [1.165, 1.54) is 6.07 Å². The third kappa shape index (κ3) is 7.15. The summed E-state index contributed by atoms with van der Waals surface area (Å²) < 4.78 is 30.7. The molecular weight excluding hydrogens is 554 g/mol. The Morgan fingerprint density at radius 2 is 1.75 bits per heavy atom. The summed E-state index contributed by atoms with van der Waals surface area (Å²) in [6, 6.07) is 19.9. The lowest BCUT2D eigenvalue weighted by Crippen LogP contribution is -2.07. The minimum atomic E-state index is -0.542. The molecule has 0 aliphatic carbocycles. The number of anilines is 1. The Morgan fingerprint density at radius 1 is 1.02 bits per heavy atom. The van der Waals surface area contributed by atoms with Crippen molar-refractivity contribution in [3.63, 3.8) is 0 Å². The van der Waals surface area contributed by atoms with E-state index in [0.29, 0.717) is 51.4 Å². The molecule has 0 saturated carbocycles. The fourth-order valence-corrected chi connectivity index (χ4v) is 4.75. The summed E-state index contributed by atoms with van der Waals surface area (Å²) in [7, 11) is 0. The molecule has 0 spiro atoms. The second-order valence-electron chi connectivity index (χ2n) is 9.77. The van der Waals surface area contributed by atoms with Gasteiger partial charge in [0, 0.05) is 58.9 Å². The second-order valence-corrected chi connectivity index (χ2v) is 9.77. The standard InChI is InChI=1S/C34H30F2N6.C2H2/c1-4-26(24-17-25(20-38-19-24)40-21(2)16-23-10-6-5-7-11-23)32(36)28(22(3)37)18-31-41-30-14-15-39-33(34(30)42-31)27-12-8-9-13-29(27)35;1-2/h4-15,17,19-20,40H,2-3,16,18,37H2,1H3,(H,41,42);1-2H/b26-4-,32-28+;. The number of nitrogens with two attached hydrogens (primary N) is 1. The van der Waals surface area contributed by atoms with Gasteiger partial charge < -0.3 is 16.0 Å². The van der Waals surface area contributed by atoms with Crippen LogP contribution >= 0.6 is 0 Å². The van der Waals surface area contributed by atoms with Crippen molar-refractivity contribution in [1.29, 1.82) is 0 Å². The van der Waals surface area contributed by atoms with Crippen LogP contribution in [-0.2, 0) is 12.8 Å². The zero-order valence-corrected chi connectivity index (χ0v) is 24.3. The molecule has 8 heteroatoms. The van der Waals surface area contributed by atoms with Crippen molar-refractivity contribution in [3.05, 3.63) is 150 Å². The van der Waals surface area contributed by atoms with Gasteiger partial charge in [0.15, 0.2) is 0 Å². The van der Waals surface area contributed by atoms with Gasteiger partial charge in [-0.25, -0.2) is 13.8 Å². The number of H-pyrrole nitrogens is 1. The molecule has 0 aliphatic rings. The highest BCUT2D eigenvalue weighted by Crippen LogP contribution is 2.32. The Hall–Kier alpha value is -5.81. The lowest BCUT2D eigenvalue weighted by atomic mass is 9.99. The van der Waals surface area contributed by atoms with Gasteiger partial charge in [-0.1, -0.05) is 61.7 Å². The number of allylic oxidation sites excluding steroid dienone is 5. The normalized spacial score (nSPS) is 11.7. The molecule has 5 aromatic rings. The first-order valence-electron chi connectivity index (χ1n) is 13.7. The van der Waals surface area contributed by atoms with Crippen molar-refractivity contribution in [3.8, 4) is 24.1 Å². The van der Waals surface area contributed by atoms with Crippen molar-refractivity contribution < 1.29 is 8.78 Å². The topological polar surface area (TPSA) is 92.5 Å². The summed E-state index contributed by atoms with van der Waals surface area (Å²) in [6.07, 6.45) is 15.2. The highest BCUT2D eigenvalue weighted by molar-refractivity contribution is 5.89. The minimum Gasteiger partial charge on any atom is -0.399 e. The summed E-state index contributed by atoms with van der Waals surface area (Å²) in [5.41, 5.74) is 11.6. The van der Waals surface area contributed by atoms with E-state index >= 15 is 4.39 Å². The quantitative estimate of drug-likeness (QED) is 0.114. The van der Waals surface area contributed by atoms with Crippen molar-refractivity contribution in [2.24, 2.45) is 5.73 Å². The van der Waals surface area contributed by atoms with Gasteiger partial charge in [-0.15, -0.1) is 12.8 Å². The molecule has 0 radical (unpaired) electrons. The first kappa shape index (κ1) is 31.1. The largest absolute Gasteiger partial charge is 0.399 e. The van der Waals surface area contributed by atoms with E-state index in [9.17, 15) is 4.39 Å². The van der Waals surface area contributed by atoms with Gasteiger partial charge in [0.25, 0.3) is 0 Å². The van der Waals surface area contributed by atoms with Crippen LogP contribution in [0, 0.1) is 18.7 Å². The van der Waals surface area contributed by atoms with Gasteiger partial charge in [-0.05, 0) is 36.8 Å². The third-order valence-electron chi connectivity index (χ3n) is 6.73. The fourth-order valence-electron chi connectivity index (χ4n) is 4.75. The van der Waals surface area contributed by atoms with Crippen LogP contribution in [0.1, 0.15) is 23.9 Å². The number of hydrogen-bond donors (Lipinski definition) is 3. The van der Waals surface area contributed by atoms with Gasteiger partial charge in [-0.3, -0.25) is 9.97 Å². The van der Waals surface area contributed by atoms with E-state index < -0.39 is 11.6 Å². The predicted molar refractivity (Wildman–Crippen MR) is 175 cm³/mol. The van der Waals surface area contributed by atoms with E-state index in [4.69, 9.17) is 5.73 Å². The van der Waals surface area contributed by atoms with Crippen LogP contribution in [-0.4, -0.2) is 19.9 Å². The molecule has 220 valence electrons. The van der Waals surface area contributed by atoms with Crippen LogP contribution in [0.3, 0.4) is 0 Å². The van der Waals surface area contributed by atoms with E-state index in [1.54, 1.807) is 55.9 Å². The first-order valence-corrected chi connectivity index (χ1v) is 13.7. The lowest BCUT2D eigenvalue weighted by Gasteiger charge is -2.14. The van der Waals surface area contributed by atoms with Gasteiger partial charge in [-0.2, -0.15) is 0 Å². The number of terminal acetylenes is 1. The number of pyridine rings is 2. The zero-order chi connectivity index (χ0) is 31.6. The van der Waals surface area contributed by atoms with Gasteiger partial charge >= 0.3 is 0 Å². The van der Waals surface area contributed by atoms with Crippen LogP contribution in [0.4, 0.5) is 14.5 Å². The summed E-state index contributed by atoms with van der Waals surface area (Å²) in [5, 5.41) is 3.27. The maximum Gasteiger partial charge on any atom is 0.136 e. The monoisotopic (exact) mass is 586 g/mol. The molecule has 0 aliphatic heterocycles. The number of nitrogens with one attached hydrogen (secondary N) is 2. The van der Waals surface area contributed by atoms with Crippen molar-refractivity contribution in [2.45, 2.75) is 19.8 Å². The number of rotatable bonds is 10. The molecule has 44 heavy (non-hydrogen) atoms. The number of halogens is 2. The van der Waals surface area contributed by atoms with Crippen LogP contribution in [0.5, 0.6) is 0 Å². The van der Waals surface area contributed by atoms with E-state index in [1.807, 2.05) is 36.4 Å². The first-order chi connectivity index (χ1) is 21.3. The molecule has 0 saturated heterocycles. The number of imidazole rings is 1. The highest BCUT2D eigenvalue weighted by atomic mass is 19.1. The van der Waals surface area contributed by atoms with E-state index in [-0.39, 0.29) is 17.7 Å². The Balaban J connectivity index is 0.00000216. The molecule has 3 aromatic heterocycles. The number of nitrogens with zero attached hydrogens (tertiary/aromatic N) is 3. The smallest absolute Gasteiger partial charge is 0.136 e. The van der Waals surface area contributed by atoms with Gasteiger partial charge in [0.2, 0.25) is 0 Å². The average Bonchev–Trinajstić information content (AvgIpc) is 3.45. The molecule has 0 atom stereocenters. The molecule has 0 amide bonds. The fraction of sp³-hybridized carbons (Fsp3) is 0.0833. The lowest BCUT2D eigenvalue weighted by molar-refractivity contribution is 0.631. The molecule has 2 aromatic carbocycles. The minimum absolute atomic E-state index is 0.0309. The molecule has 0 bridgehead atoms. The van der Waals surface area contributed by atoms with Crippen LogP contribution in [0.25, 0.3) is 27.9 Å². The molecule has 6 nitrogen and oxygen atoms in total. The average molecular weight is 587 g/mol. The maximum atomic E-state index is 16.2. The summed E-state index contributed by atoms with van der Waals surface area (Å²) in [6.45, 7) is 9.68. The summed E-state index contributed by atoms with van der Waals surface area (Å²) in [5.74, 6) is -0.510. The Bertz CT molecular complexity index is 1880. The number of aromatic nitrogens is 4. The number of aromatic amines is 1. The van der Waals surface area contributed by atoms with E-state index in [0.717, 1.165) is 11.3 Å². The highest BCUT2D eigenvalue weighted by Gasteiger charge is 2.19. The predicted octanol–water partition coefficient (Wildman–Crippen LogP) is 7.92. The Labute approximate surface area is 255 Å². The molecular formula is C36H32F2N6. The van der Waals surface area contributed by atoms with Crippen molar-refractivity contribution >= 4 is 22.3 Å². The maximum absolute atomic E-state index is 16.2. The van der Waals surface area contributed by atoms with E-state index in [2.05, 4.69) is 51.3 Å². The Morgan fingerprint density at radius 3 is 2.45 bits per heavy atom. The number of fused-ring (bicyclic) bond motifs is 1. The van der Waals surface area contributed by atoms with Gasteiger partial charge in [0.1, 0.15) is 28.7 Å². The summed E-state index contributed by atoms with van der Waals surface area (Å²) in [4.78, 5) is 16.5. The number of benzene rings is 2. The third-order valence-corrected chi connectivity index (χ3v) is 6.73. The summed E-state index contributed by atoms with van der Waals surface area (Å²) >= 11 is 0. The van der Waals surface area contributed by atoms with Crippen LogP contribution < -0.4 is 11.1 Å². The van der Waals surface area contributed by atoms with Crippen molar-refractivity contribution in [2.75, 3.05) is 5.32 Å². The molecule has 0 unspecified atom stereocenters. The SMILES string of the molecule is C#C.C=C(Cc1ccccc1)Nc1cncc(C(=C/C)/C(F)=C(/Cc2nc3c(-c4ccccc4F)nccc3[nH]2)C(=C)N)c1. The van der Waals surface area contributed by atoms with Gasteiger partial charge in [0.05, 0.1) is 17.4 Å². The zero-order valence-electron chi connectivity index (χ0n) is 24.3. The molecule has 3 heterocycles. The van der Waals surface area contributed by atoms with Crippen molar-refractivity contribution in [1.82, 2.24) is 19.9 Å². The second kappa shape index (κ2) is 14.4. The van der Waals surface area contributed by atoms with Crippen LogP contribution in [0.15, 0.2) is 127 Å². The van der Waals surface area contributed by atoms with Crippen LogP contribution in [0.2, 0.25) is 0 Å². The molecule has 4 N–H and O–H groups in total. The molecule has 5 rings (SSSR count). The molecule has 0 fully saturated rings. The number of hydrogen-bond acceptors (Lipinski definition) is 5.